The molecule has 0 atom stereocenters. The number of hydrazone groups is 1. The summed E-state index contributed by atoms with van der Waals surface area (Å²) in [5, 5.41) is 13.8. The van der Waals surface area contributed by atoms with Crippen molar-refractivity contribution in [1.29, 1.82) is 0 Å². The fraction of sp³-hybridized carbons (Fsp3) is 0.259. The van der Waals surface area contributed by atoms with Gasteiger partial charge in [-0.25, -0.2) is 13.8 Å². The van der Waals surface area contributed by atoms with Gasteiger partial charge in [0.05, 0.1) is 24.3 Å². The van der Waals surface area contributed by atoms with Crippen LogP contribution in [0.1, 0.15) is 34.7 Å². The Labute approximate surface area is 212 Å². The molecular weight excluding hydrogens is 478 g/mol. The van der Waals surface area contributed by atoms with Gasteiger partial charge in [-0.1, -0.05) is 48.0 Å². The quantitative estimate of drug-likeness (QED) is 0.317. The first-order valence-electron chi connectivity index (χ1n) is 11.5. The van der Waals surface area contributed by atoms with Crippen LogP contribution in [0.15, 0.2) is 70.7 Å². The Kier molecular flexibility index (Phi) is 8.84. The van der Waals surface area contributed by atoms with Crippen LogP contribution in [0, 0.1) is 20.8 Å². The van der Waals surface area contributed by atoms with Crippen molar-refractivity contribution in [2.75, 3.05) is 13.2 Å². The summed E-state index contributed by atoms with van der Waals surface area (Å²) in [4.78, 5) is 13.0. The number of phenols is 1. The first-order chi connectivity index (χ1) is 17.1. The van der Waals surface area contributed by atoms with E-state index in [2.05, 4.69) is 10.5 Å². The summed E-state index contributed by atoms with van der Waals surface area (Å²) in [6, 6.07) is 17.4. The Balaban J connectivity index is 1.83. The van der Waals surface area contributed by atoms with Crippen LogP contribution in [-0.4, -0.2) is 43.1 Å². The van der Waals surface area contributed by atoms with Crippen LogP contribution in [-0.2, 0) is 21.4 Å². The molecule has 0 aromatic heterocycles. The number of carbonyl (C=O) groups excluding carboxylic acids is 1. The maximum atomic E-state index is 13.7. The Hall–Kier alpha value is -3.69. The van der Waals surface area contributed by atoms with Gasteiger partial charge in [0.25, 0.3) is 5.91 Å². The molecule has 2 N–H and O–H groups in total. The molecule has 9 heteroatoms. The van der Waals surface area contributed by atoms with Crippen molar-refractivity contribution in [2.45, 2.75) is 39.1 Å². The Morgan fingerprint density at radius 2 is 1.72 bits per heavy atom. The minimum Gasteiger partial charge on any atom is -0.504 e. The average molecular weight is 510 g/mol. The Bertz CT molecular complexity index is 1330. The monoisotopic (exact) mass is 509 g/mol. The predicted molar refractivity (Wildman–Crippen MR) is 140 cm³/mol. The molecule has 0 aliphatic heterocycles. The van der Waals surface area contributed by atoms with E-state index < -0.39 is 22.5 Å². The number of nitrogens with one attached hydrogen (secondary N) is 1. The molecule has 3 rings (SSSR count). The molecule has 36 heavy (non-hydrogen) atoms. The zero-order valence-corrected chi connectivity index (χ0v) is 21.7. The standard InChI is InChI=1S/C27H31N3O5S/c1-5-35-25-15-23(11-12-24(25)31)16-28-29-26(32)18-30(17-22-9-7-6-8-10-22)36(33,34)27-20(3)13-19(2)14-21(27)4/h6-16,31H,5,17-18H2,1-4H3,(H,29,32)/b28-16-. The topological polar surface area (TPSA) is 108 Å². The number of sulfonamides is 1. The fourth-order valence-corrected chi connectivity index (χ4v) is 5.77. The van der Waals surface area contributed by atoms with E-state index in [1.807, 2.05) is 49.4 Å². The number of hydrogen-bond acceptors (Lipinski definition) is 6. The van der Waals surface area contributed by atoms with Gasteiger partial charge in [-0.15, -0.1) is 0 Å². The number of benzene rings is 3. The van der Waals surface area contributed by atoms with Gasteiger partial charge in [-0.3, -0.25) is 4.79 Å². The molecule has 8 nitrogen and oxygen atoms in total. The van der Waals surface area contributed by atoms with Crippen LogP contribution in [0.25, 0.3) is 0 Å². The molecule has 0 heterocycles. The third-order valence-corrected chi connectivity index (χ3v) is 7.51. The summed E-state index contributed by atoms with van der Waals surface area (Å²) in [6.07, 6.45) is 1.39. The first kappa shape index (κ1) is 26.9. The molecule has 0 radical (unpaired) electrons. The average Bonchev–Trinajstić information content (AvgIpc) is 2.80. The summed E-state index contributed by atoms with van der Waals surface area (Å²) in [5.41, 5.74) is 5.96. The molecule has 3 aromatic rings. The molecular formula is C27H31N3O5S. The van der Waals surface area contributed by atoms with Gasteiger partial charge in [-0.05, 0) is 68.1 Å². The van der Waals surface area contributed by atoms with Gasteiger partial charge in [0.1, 0.15) is 0 Å². The molecule has 0 bridgehead atoms. The van der Waals surface area contributed by atoms with Crippen molar-refractivity contribution in [3.8, 4) is 11.5 Å². The van der Waals surface area contributed by atoms with Crippen LogP contribution in [0.2, 0.25) is 0 Å². The van der Waals surface area contributed by atoms with Crippen molar-refractivity contribution in [3.63, 3.8) is 0 Å². The maximum absolute atomic E-state index is 13.7. The minimum absolute atomic E-state index is 0.00138. The predicted octanol–water partition coefficient (Wildman–Crippen LogP) is 4.06. The van der Waals surface area contributed by atoms with Crippen LogP contribution < -0.4 is 10.2 Å². The van der Waals surface area contributed by atoms with Crippen molar-refractivity contribution in [1.82, 2.24) is 9.73 Å². The number of phenolic OH excluding ortho intramolecular Hbond substituents is 1. The van der Waals surface area contributed by atoms with E-state index in [4.69, 9.17) is 4.74 Å². The van der Waals surface area contributed by atoms with Crippen LogP contribution in [0.4, 0.5) is 0 Å². The zero-order valence-electron chi connectivity index (χ0n) is 20.9. The van der Waals surface area contributed by atoms with Gasteiger partial charge in [0.15, 0.2) is 11.5 Å². The van der Waals surface area contributed by atoms with E-state index >= 15 is 0 Å². The normalized spacial score (nSPS) is 11.7. The largest absolute Gasteiger partial charge is 0.504 e. The number of carbonyl (C=O) groups is 1. The number of rotatable bonds is 10. The number of ether oxygens (including phenoxy) is 1. The second kappa shape index (κ2) is 11.8. The lowest BCUT2D eigenvalue weighted by atomic mass is 10.1. The van der Waals surface area contributed by atoms with Crippen LogP contribution in [0.3, 0.4) is 0 Å². The maximum Gasteiger partial charge on any atom is 0.255 e. The lowest BCUT2D eigenvalue weighted by molar-refractivity contribution is -0.121. The summed E-state index contributed by atoms with van der Waals surface area (Å²) in [6.45, 7) is 7.23. The highest BCUT2D eigenvalue weighted by atomic mass is 32.2. The van der Waals surface area contributed by atoms with E-state index in [0.717, 1.165) is 15.4 Å². The first-order valence-corrected chi connectivity index (χ1v) is 13.0. The van der Waals surface area contributed by atoms with Crippen molar-refractivity contribution < 1.29 is 23.1 Å². The van der Waals surface area contributed by atoms with Crippen molar-refractivity contribution in [3.05, 3.63) is 88.5 Å². The van der Waals surface area contributed by atoms with E-state index in [1.165, 1.54) is 12.3 Å². The second-order valence-electron chi connectivity index (χ2n) is 8.44. The number of aromatic hydroxyl groups is 1. The minimum atomic E-state index is -3.99. The molecule has 0 fully saturated rings. The summed E-state index contributed by atoms with van der Waals surface area (Å²) in [5.74, 6) is -0.282. The third kappa shape index (κ3) is 6.71. The fourth-order valence-electron chi connectivity index (χ4n) is 3.97. The summed E-state index contributed by atoms with van der Waals surface area (Å²) < 4.78 is 33.9. The molecule has 1 amide bonds. The molecule has 0 saturated carbocycles. The van der Waals surface area contributed by atoms with Crippen molar-refractivity contribution in [2.24, 2.45) is 5.10 Å². The molecule has 190 valence electrons. The van der Waals surface area contributed by atoms with Gasteiger partial charge in [0, 0.05) is 6.54 Å². The number of aryl methyl sites for hydroxylation is 3. The van der Waals surface area contributed by atoms with Gasteiger partial charge >= 0.3 is 0 Å². The van der Waals surface area contributed by atoms with Gasteiger partial charge in [-0.2, -0.15) is 9.41 Å². The highest BCUT2D eigenvalue weighted by molar-refractivity contribution is 7.89. The van der Waals surface area contributed by atoms with Gasteiger partial charge in [0.2, 0.25) is 10.0 Å². The molecule has 0 saturated heterocycles. The van der Waals surface area contributed by atoms with E-state index in [9.17, 15) is 18.3 Å². The second-order valence-corrected chi connectivity index (χ2v) is 10.3. The van der Waals surface area contributed by atoms with Crippen molar-refractivity contribution >= 4 is 22.1 Å². The number of amides is 1. The third-order valence-electron chi connectivity index (χ3n) is 5.41. The number of nitrogens with zero attached hydrogens (tertiary/aromatic N) is 2. The van der Waals surface area contributed by atoms with Crippen LogP contribution in [0.5, 0.6) is 11.5 Å². The number of hydrogen-bond donors (Lipinski definition) is 2. The summed E-state index contributed by atoms with van der Waals surface area (Å²) in [7, 11) is -3.99. The summed E-state index contributed by atoms with van der Waals surface area (Å²) >= 11 is 0. The lowest BCUT2D eigenvalue weighted by Crippen LogP contribution is -2.39. The smallest absolute Gasteiger partial charge is 0.255 e. The molecule has 3 aromatic carbocycles. The van der Waals surface area contributed by atoms with E-state index in [0.29, 0.717) is 29.0 Å². The van der Waals surface area contributed by atoms with E-state index in [1.54, 1.807) is 32.9 Å². The van der Waals surface area contributed by atoms with Gasteiger partial charge < -0.3 is 9.84 Å². The highest BCUT2D eigenvalue weighted by Crippen LogP contribution is 2.27. The molecule has 0 unspecified atom stereocenters. The molecule has 0 aliphatic carbocycles. The Morgan fingerprint density at radius 3 is 2.36 bits per heavy atom. The van der Waals surface area contributed by atoms with Crippen LogP contribution >= 0.6 is 0 Å². The molecule has 0 spiro atoms. The zero-order chi connectivity index (χ0) is 26.3. The highest BCUT2D eigenvalue weighted by Gasteiger charge is 2.30. The SMILES string of the molecule is CCOc1cc(/C=N\NC(=O)CN(Cc2ccccc2)S(=O)(=O)c2c(C)cc(C)cc2C)ccc1O. The Morgan fingerprint density at radius 1 is 1.06 bits per heavy atom. The van der Waals surface area contributed by atoms with E-state index in [-0.39, 0.29) is 17.2 Å². The lowest BCUT2D eigenvalue weighted by Gasteiger charge is -2.24. The molecule has 0 aliphatic rings.